The second-order valence-corrected chi connectivity index (χ2v) is 2.94. The third-order valence-corrected chi connectivity index (χ3v) is 1.77. The van der Waals surface area contributed by atoms with Crippen LogP contribution in [0.25, 0.3) is 0 Å². The molecular formula is C10H13NO2. The highest BCUT2D eigenvalue weighted by Crippen LogP contribution is 2.06. The molecule has 0 spiro atoms. The lowest BCUT2D eigenvalue weighted by Gasteiger charge is -2.01. The minimum Gasteiger partial charge on any atom is -0.396 e. The van der Waals surface area contributed by atoms with Crippen LogP contribution in [0.15, 0.2) is 24.3 Å². The van der Waals surface area contributed by atoms with Crippen molar-refractivity contribution in [3.05, 3.63) is 35.4 Å². The van der Waals surface area contributed by atoms with Crippen LogP contribution >= 0.6 is 0 Å². The number of rotatable bonds is 4. The van der Waals surface area contributed by atoms with Crippen molar-refractivity contribution in [2.45, 2.75) is 12.8 Å². The molecule has 0 bridgehead atoms. The third-order valence-electron chi connectivity index (χ3n) is 1.77. The highest BCUT2D eigenvalue weighted by Gasteiger charge is 1.99. The maximum atomic E-state index is 10.6. The van der Waals surface area contributed by atoms with Gasteiger partial charge in [0, 0.05) is 6.61 Å². The Morgan fingerprint density at radius 3 is 2.69 bits per heavy atom. The normalized spacial score (nSPS) is 9.92. The summed E-state index contributed by atoms with van der Waals surface area (Å²) >= 11 is 0. The molecule has 3 nitrogen and oxygen atoms in total. The van der Waals surface area contributed by atoms with Gasteiger partial charge in [0.2, 0.25) is 5.91 Å². The zero-order valence-electron chi connectivity index (χ0n) is 7.36. The first-order valence-corrected chi connectivity index (χ1v) is 4.19. The van der Waals surface area contributed by atoms with Crippen LogP contribution in [0.2, 0.25) is 0 Å². The van der Waals surface area contributed by atoms with E-state index in [0.717, 1.165) is 11.1 Å². The molecule has 0 heterocycles. The van der Waals surface area contributed by atoms with Gasteiger partial charge in [-0.2, -0.15) is 0 Å². The van der Waals surface area contributed by atoms with E-state index in [4.69, 9.17) is 10.8 Å². The molecule has 0 aromatic heterocycles. The summed E-state index contributed by atoms with van der Waals surface area (Å²) in [6.07, 6.45) is 0.881. The lowest BCUT2D eigenvalue weighted by atomic mass is 10.1. The number of carbonyl (C=O) groups is 1. The number of aliphatic hydroxyl groups excluding tert-OH is 1. The Labute approximate surface area is 77.2 Å². The average molecular weight is 179 g/mol. The van der Waals surface area contributed by atoms with E-state index in [-0.39, 0.29) is 18.9 Å². The van der Waals surface area contributed by atoms with Crippen LogP contribution in [0.3, 0.4) is 0 Å². The van der Waals surface area contributed by atoms with Gasteiger partial charge in [-0.25, -0.2) is 0 Å². The van der Waals surface area contributed by atoms with Gasteiger partial charge in [0.15, 0.2) is 0 Å². The van der Waals surface area contributed by atoms with Gasteiger partial charge in [-0.3, -0.25) is 4.79 Å². The van der Waals surface area contributed by atoms with Gasteiger partial charge >= 0.3 is 0 Å². The maximum Gasteiger partial charge on any atom is 0.221 e. The summed E-state index contributed by atoms with van der Waals surface area (Å²) in [5, 5.41) is 8.70. The van der Waals surface area contributed by atoms with Gasteiger partial charge in [0.25, 0.3) is 0 Å². The Morgan fingerprint density at radius 1 is 1.38 bits per heavy atom. The van der Waals surface area contributed by atoms with E-state index in [1.165, 1.54) is 0 Å². The zero-order chi connectivity index (χ0) is 9.68. The fourth-order valence-electron chi connectivity index (χ4n) is 1.23. The van der Waals surface area contributed by atoms with Gasteiger partial charge in [-0.05, 0) is 17.5 Å². The predicted molar refractivity (Wildman–Crippen MR) is 50.1 cm³/mol. The van der Waals surface area contributed by atoms with Crippen molar-refractivity contribution >= 4 is 5.91 Å². The van der Waals surface area contributed by atoms with E-state index in [9.17, 15) is 4.79 Å². The smallest absolute Gasteiger partial charge is 0.221 e. The van der Waals surface area contributed by atoms with Crippen molar-refractivity contribution in [1.29, 1.82) is 0 Å². The molecule has 0 unspecified atom stereocenters. The summed E-state index contributed by atoms with van der Waals surface area (Å²) in [6.45, 7) is 0.125. The van der Waals surface area contributed by atoms with Crippen molar-refractivity contribution in [2.24, 2.45) is 5.73 Å². The first kappa shape index (κ1) is 9.74. The number of hydrogen-bond acceptors (Lipinski definition) is 2. The largest absolute Gasteiger partial charge is 0.396 e. The SMILES string of the molecule is NC(=O)Cc1cccc(CCO)c1. The molecule has 0 aliphatic heterocycles. The number of hydrogen-bond donors (Lipinski definition) is 2. The van der Waals surface area contributed by atoms with Crippen LogP contribution in [-0.2, 0) is 17.6 Å². The molecule has 3 N–H and O–H groups in total. The van der Waals surface area contributed by atoms with Crippen LogP contribution in [0, 0.1) is 0 Å². The summed E-state index contributed by atoms with van der Waals surface area (Å²) in [4.78, 5) is 10.6. The van der Waals surface area contributed by atoms with E-state index in [0.29, 0.717) is 6.42 Å². The van der Waals surface area contributed by atoms with E-state index in [1.807, 2.05) is 24.3 Å². The van der Waals surface area contributed by atoms with Crippen molar-refractivity contribution in [1.82, 2.24) is 0 Å². The summed E-state index contributed by atoms with van der Waals surface area (Å²) < 4.78 is 0. The molecule has 1 amide bonds. The molecule has 0 atom stereocenters. The minimum absolute atomic E-state index is 0.125. The van der Waals surface area contributed by atoms with Gasteiger partial charge in [-0.1, -0.05) is 24.3 Å². The van der Waals surface area contributed by atoms with Gasteiger partial charge in [0.05, 0.1) is 6.42 Å². The Morgan fingerprint density at radius 2 is 2.08 bits per heavy atom. The van der Waals surface area contributed by atoms with Crippen LogP contribution in [0.5, 0.6) is 0 Å². The molecular weight excluding hydrogens is 166 g/mol. The molecule has 1 rings (SSSR count). The van der Waals surface area contributed by atoms with Crippen molar-refractivity contribution < 1.29 is 9.90 Å². The highest BCUT2D eigenvalue weighted by atomic mass is 16.2. The molecule has 1 aromatic rings. The van der Waals surface area contributed by atoms with Crippen LogP contribution in [-0.4, -0.2) is 17.6 Å². The topological polar surface area (TPSA) is 63.3 Å². The Balaban J connectivity index is 2.73. The van der Waals surface area contributed by atoms with E-state index >= 15 is 0 Å². The number of benzene rings is 1. The molecule has 0 aliphatic carbocycles. The quantitative estimate of drug-likeness (QED) is 0.695. The summed E-state index contributed by atoms with van der Waals surface area (Å²) in [6, 6.07) is 7.52. The highest BCUT2D eigenvalue weighted by molar-refractivity contribution is 5.76. The average Bonchev–Trinajstić information content (AvgIpc) is 2.04. The van der Waals surface area contributed by atoms with Crippen molar-refractivity contribution in [3.63, 3.8) is 0 Å². The number of nitrogens with two attached hydrogens (primary N) is 1. The second kappa shape index (κ2) is 4.62. The zero-order valence-corrected chi connectivity index (χ0v) is 7.36. The lowest BCUT2D eigenvalue weighted by Crippen LogP contribution is -2.13. The molecule has 0 saturated carbocycles. The van der Waals surface area contributed by atoms with Gasteiger partial charge in [-0.15, -0.1) is 0 Å². The van der Waals surface area contributed by atoms with Crippen LogP contribution in [0.4, 0.5) is 0 Å². The number of aliphatic hydroxyl groups is 1. The standard InChI is InChI=1S/C10H13NO2/c11-10(13)7-9-3-1-2-8(6-9)4-5-12/h1-3,6,12H,4-5,7H2,(H2,11,13). The minimum atomic E-state index is -0.332. The predicted octanol–water partition coefficient (Wildman–Crippen LogP) is 0.249. The van der Waals surface area contributed by atoms with E-state index < -0.39 is 0 Å². The first-order chi connectivity index (χ1) is 6.22. The molecule has 13 heavy (non-hydrogen) atoms. The molecule has 0 aliphatic rings. The number of carbonyl (C=O) groups excluding carboxylic acids is 1. The molecule has 0 fully saturated rings. The summed E-state index contributed by atoms with van der Waals surface area (Å²) in [5.41, 5.74) is 6.99. The Hall–Kier alpha value is -1.35. The number of primary amides is 1. The lowest BCUT2D eigenvalue weighted by molar-refractivity contribution is -0.117. The Bertz CT molecular complexity index is 297. The van der Waals surface area contributed by atoms with Crippen LogP contribution < -0.4 is 5.73 Å². The summed E-state index contributed by atoms with van der Waals surface area (Å²) in [5.74, 6) is -0.332. The fourth-order valence-corrected chi connectivity index (χ4v) is 1.23. The van der Waals surface area contributed by atoms with Crippen LogP contribution in [0.1, 0.15) is 11.1 Å². The molecule has 1 aromatic carbocycles. The molecule has 0 radical (unpaired) electrons. The van der Waals surface area contributed by atoms with Crippen molar-refractivity contribution in [2.75, 3.05) is 6.61 Å². The number of amides is 1. The summed E-state index contributed by atoms with van der Waals surface area (Å²) in [7, 11) is 0. The monoisotopic (exact) mass is 179 g/mol. The third kappa shape index (κ3) is 3.25. The molecule has 0 saturated heterocycles. The van der Waals surface area contributed by atoms with E-state index in [2.05, 4.69) is 0 Å². The molecule has 3 heteroatoms. The Kier molecular flexibility index (Phi) is 3.46. The maximum absolute atomic E-state index is 10.6. The van der Waals surface area contributed by atoms with Gasteiger partial charge < -0.3 is 10.8 Å². The first-order valence-electron chi connectivity index (χ1n) is 4.19. The van der Waals surface area contributed by atoms with Crippen molar-refractivity contribution in [3.8, 4) is 0 Å². The van der Waals surface area contributed by atoms with E-state index in [1.54, 1.807) is 0 Å². The fraction of sp³-hybridized carbons (Fsp3) is 0.300. The molecule has 70 valence electrons. The van der Waals surface area contributed by atoms with Gasteiger partial charge in [0.1, 0.15) is 0 Å². The second-order valence-electron chi connectivity index (χ2n) is 2.94.